The first-order valence-electron chi connectivity index (χ1n) is 10.8. The van der Waals surface area contributed by atoms with E-state index < -0.39 is 18.2 Å². The summed E-state index contributed by atoms with van der Waals surface area (Å²) in [5, 5.41) is 0. The highest BCUT2D eigenvalue weighted by Gasteiger charge is 2.24. The molecule has 0 heterocycles. The summed E-state index contributed by atoms with van der Waals surface area (Å²) in [4.78, 5) is 24.0. The van der Waals surface area contributed by atoms with Crippen LogP contribution in [0.15, 0.2) is 24.3 Å². The number of hydrogen-bond donors (Lipinski definition) is 0. The number of rotatable bonds is 13. The molecule has 6 heteroatoms. The van der Waals surface area contributed by atoms with Gasteiger partial charge in [-0.25, -0.2) is 9.59 Å². The standard InChI is InChI=1S/C24H38O6/c1-8-24(6,7)18(4)27-15-9-10-16-28-19(5)30-23(26)21-13-11-20(12-14-21)22(25)29-17(2)3/h11-14,17-19H,8-10,15-16H2,1-7H3. The van der Waals surface area contributed by atoms with E-state index in [0.717, 1.165) is 19.3 Å². The van der Waals surface area contributed by atoms with E-state index in [0.29, 0.717) is 24.3 Å². The van der Waals surface area contributed by atoms with Crippen LogP contribution in [0.3, 0.4) is 0 Å². The van der Waals surface area contributed by atoms with Crippen LogP contribution in [-0.2, 0) is 18.9 Å². The van der Waals surface area contributed by atoms with Gasteiger partial charge in [-0.15, -0.1) is 0 Å². The Hall–Kier alpha value is -1.92. The smallest absolute Gasteiger partial charge is 0.340 e. The first-order valence-corrected chi connectivity index (χ1v) is 10.8. The Balaban J connectivity index is 2.29. The van der Waals surface area contributed by atoms with Gasteiger partial charge in [0.15, 0.2) is 6.29 Å². The summed E-state index contributed by atoms with van der Waals surface area (Å²) >= 11 is 0. The molecule has 0 fully saturated rings. The van der Waals surface area contributed by atoms with Gasteiger partial charge in [-0.05, 0) is 76.6 Å². The molecule has 0 saturated heterocycles. The number of carbonyl (C=O) groups is 2. The molecule has 0 aliphatic heterocycles. The van der Waals surface area contributed by atoms with Crippen LogP contribution in [0.2, 0.25) is 0 Å². The molecule has 1 aromatic rings. The van der Waals surface area contributed by atoms with Gasteiger partial charge in [0, 0.05) is 6.61 Å². The van der Waals surface area contributed by atoms with Crippen LogP contribution >= 0.6 is 0 Å². The van der Waals surface area contributed by atoms with E-state index in [1.54, 1.807) is 45.0 Å². The highest BCUT2D eigenvalue weighted by molar-refractivity contribution is 5.93. The summed E-state index contributed by atoms with van der Waals surface area (Å²) in [5.41, 5.74) is 0.919. The van der Waals surface area contributed by atoms with E-state index in [4.69, 9.17) is 18.9 Å². The van der Waals surface area contributed by atoms with Crippen LogP contribution in [0.25, 0.3) is 0 Å². The maximum absolute atomic E-state index is 12.2. The van der Waals surface area contributed by atoms with Crippen LogP contribution in [0.4, 0.5) is 0 Å². The van der Waals surface area contributed by atoms with Crippen molar-refractivity contribution in [3.8, 4) is 0 Å². The lowest BCUT2D eigenvalue weighted by Crippen LogP contribution is -2.29. The molecule has 0 N–H and O–H groups in total. The normalized spacial score (nSPS) is 13.7. The van der Waals surface area contributed by atoms with E-state index in [2.05, 4.69) is 27.7 Å². The Labute approximate surface area is 181 Å². The minimum absolute atomic E-state index is 0.173. The molecule has 2 unspecified atom stereocenters. The van der Waals surface area contributed by atoms with Crippen molar-refractivity contribution < 1.29 is 28.5 Å². The summed E-state index contributed by atoms with van der Waals surface area (Å²) < 4.78 is 21.9. The maximum Gasteiger partial charge on any atom is 0.340 e. The van der Waals surface area contributed by atoms with Crippen LogP contribution in [0, 0.1) is 5.41 Å². The molecule has 1 rings (SSSR count). The topological polar surface area (TPSA) is 71.1 Å². The third-order valence-electron chi connectivity index (χ3n) is 5.24. The van der Waals surface area contributed by atoms with Crippen molar-refractivity contribution in [3.05, 3.63) is 35.4 Å². The molecule has 0 saturated carbocycles. The summed E-state index contributed by atoms with van der Waals surface area (Å²) in [6.45, 7) is 15.1. The molecular formula is C24H38O6. The second-order valence-electron chi connectivity index (χ2n) is 8.44. The van der Waals surface area contributed by atoms with Crippen molar-refractivity contribution in [1.82, 2.24) is 0 Å². The summed E-state index contributed by atoms with van der Waals surface area (Å²) in [7, 11) is 0. The minimum atomic E-state index is -0.651. The molecule has 0 aliphatic rings. The Morgan fingerprint density at radius 2 is 1.30 bits per heavy atom. The maximum atomic E-state index is 12.2. The molecule has 170 valence electrons. The number of hydrogen-bond acceptors (Lipinski definition) is 6. The van der Waals surface area contributed by atoms with E-state index in [9.17, 15) is 9.59 Å². The molecule has 0 aromatic heterocycles. The van der Waals surface area contributed by atoms with Gasteiger partial charge in [0.25, 0.3) is 0 Å². The largest absolute Gasteiger partial charge is 0.459 e. The highest BCUT2D eigenvalue weighted by atomic mass is 16.7. The molecule has 30 heavy (non-hydrogen) atoms. The molecule has 6 nitrogen and oxygen atoms in total. The molecule has 0 radical (unpaired) electrons. The van der Waals surface area contributed by atoms with Crippen molar-refractivity contribution >= 4 is 11.9 Å². The minimum Gasteiger partial charge on any atom is -0.459 e. The predicted octanol–water partition coefficient (Wildman–Crippen LogP) is 5.39. The van der Waals surface area contributed by atoms with Crippen LogP contribution in [0.5, 0.6) is 0 Å². The quantitative estimate of drug-likeness (QED) is 0.241. The lowest BCUT2D eigenvalue weighted by molar-refractivity contribution is -0.100. The van der Waals surface area contributed by atoms with Crippen molar-refractivity contribution in [2.75, 3.05) is 13.2 Å². The number of benzene rings is 1. The Kier molecular flexibility index (Phi) is 11.1. The van der Waals surface area contributed by atoms with Crippen LogP contribution < -0.4 is 0 Å². The number of carbonyl (C=O) groups excluding carboxylic acids is 2. The van der Waals surface area contributed by atoms with Gasteiger partial charge < -0.3 is 18.9 Å². The van der Waals surface area contributed by atoms with E-state index >= 15 is 0 Å². The first kappa shape index (κ1) is 26.1. The number of ether oxygens (including phenoxy) is 4. The monoisotopic (exact) mass is 422 g/mol. The van der Waals surface area contributed by atoms with Crippen molar-refractivity contribution in [2.45, 2.75) is 86.2 Å². The Bertz CT molecular complexity index is 650. The molecule has 1 aromatic carbocycles. The lowest BCUT2D eigenvalue weighted by Gasteiger charge is -2.30. The number of esters is 2. The molecule has 0 aliphatic carbocycles. The van der Waals surface area contributed by atoms with Gasteiger partial charge in [0.1, 0.15) is 0 Å². The van der Waals surface area contributed by atoms with Crippen molar-refractivity contribution in [2.24, 2.45) is 5.41 Å². The van der Waals surface area contributed by atoms with Gasteiger partial charge in [0.05, 0.1) is 29.9 Å². The predicted molar refractivity (Wildman–Crippen MR) is 117 cm³/mol. The van der Waals surface area contributed by atoms with Crippen LogP contribution in [0.1, 0.15) is 88.4 Å². The Morgan fingerprint density at radius 1 is 0.833 bits per heavy atom. The van der Waals surface area contributed by atoms with Gasteiger partial charge in [-0.2, -0.15) is 0 Å². The molecule has 2 atom stereocenters. The van der Waals surface area contributed by atoms with Crippen LogP contribution in [-0.4, -0.2) is 43.7 Å². The fourth-order valence-corrected chi connectivity index (χ4v) is 2.50. The van der Waals surface area contributed by atoms with Gasteiger partial charge >= 0.3 is 11.9 Å². The fourth-order valence-electron chi connectivity index (χ4n) is 2.50. The van der Waals surface area contributed by atoms with Gasteiger partial charge in [-0.3, -0.25) is 0 Å². The summed E-state index contributed by atoms with van der Waals surface area (Å²) in [6, 6.07) is 6.19. The zero-order chi connectivity index (χ0) is 22.7. The van der Waals surface area contributed by atoms with Gasteiger partial charge in [-0.1, -0.05) is 20.8 Å². The fraction of sp³-hybridized carbons (Fsp3) is 0.667. The van der Waals surface area contributed by atoms with E-state index in [1.807, 2.05) is 0 Å². The van der Waals surface area contributed by atoms with E-state index in [1.165, 1.54) is 0 Å². The number of unbranched alkanes of at least 4 members (excludes halogenated alkanes) is 1. The summed E-state index contributed by atoms with van der Waals surface area (Å²) in [6.07, 6.45) is 2.15. The van der Waals surface area contributed by atoms with Crippen molar-refractivity contribution in [3.63, 3.8) is 0 Å². The first-order chi connectivity index (χ1) is 14.1. The third kappa shape index (κ3) is 9.26. The molecule has 0 bridgehead atoms. The SMILES string of the molecule is CCC(C)(C)C(C)OCCCCOC(C)OC(=O)c1ccc(C(=O)OC(C)C)cc1. The van der Waals surface area contributed by atoms with E-state index in [-0.39, 0.29) is 17.6 Å². The average Bonchev–Trinajstić information content (AvgIpc) is 2.69. The zero-order valence-electron chi connectivity index (χ0n) is 19.5. The molecular weight excluding hydrogens is 384 g/mol. The highest BCUT2D eigenvalue weighted by Crippen LogP contribution is 2.26. The zero-order valence-corrected chi connectivity index (χ0v) is 19.5. The molecule has 0 amide bonds. The lowest BCUT2D eigenvalue weighted by atomic mass is 9.85. The average molecular weight is 423 g/mol. The Morgan fingerprint density at radius 3 is 1.77 bits per heavy atom. The second kappa shape index (κ2) is 12.7. The third-order valence-corrected chi connectivity index (χ3v) is 5.24. The van der Waals surface area contributed by atoms with Gasteiger partial charge in [0.2, 0.25) is 0 Å². The second-order valence-corrected chi connectivity index (χ2v) is 8.44. The summed E-state index contributed by atoms with van der Waals surface area (Å²) in [5.74, 6) is -0.913. The molecule has 0 spiro atoms. The van der Waals surface area contributed by atoms with Crippen molar-refractivity contribution in [1.29, 1.82) is 0 Å².